The third-order valence-electron chi connectivity index (χ3n) is 3.63. The van der Waals surface area contributed by atoms with Crippen LogP contribution in [0.1, 0.15) is 17.5 Å². The molecule has 0 saturated carbocycles. The number of carbonyl (C=O) groups excluding carboxylic acids is 1. The Labute approximate surface area is 145 Å². The lowest BCUT2D eigenvalue weighted by molar-refractivity contribution is -0.116. The number of aromatic nitrogens is 4. The quantitative estimate of drug-likeness (QED) is 0.748. The molecule has 2 heterocycles. The molecule has 0 aliphatic carbocycles. The van der Waals surface area contributed by atoms with Crippen LogP contribution in [0.5, 0.6) is 0 Å². The summed E-state index contributed by atoms with van der Waals surface area (Å²) in [6.07, 6.45) is 6.42. The molecule has 0 atom stereocenters. The molecule has 1 amide bonds. The first-order chi connectivity index (χ1) is 11.6. The molecule has 0 bridgehead atoms. The van der Waals surface area contributed by atoms with Gasteiger partial charge in [-0.2, -0.15) is 10.2 Å². The monoisotopic (exact) mass is 343 g/mol. The van der Waals surface area contributed by atoms with Crippen molar-refractivity contribution in [3.8, 4) is 0 Å². The van der Waals surface area contributed by atoms with Gasteiger partial charge in [-0.25, -0.2) is 4.68 Å². The van der Waals surface area contributed by atoms with Gasteiger partial charge in [-0.1, -0.05) is 23.7 Å². The van der Waals surface area contributed by atoms with Crippen LogP contribution in [0.25, 0.3) is 0 Å². The van der Waals surface area contributed by atoms with Crippen molar-refractivity contribution in [2.45, 2.75) is 19.4 Å². The van der Waals surface area contributed by atoms with Crippen LogP contribution in [0, 0.1) is 0 Å². The highest BCUT2D eigenvalue weighted by atomic mass is 35.5. The van der Waals surface area contributed by atoms with E-state index in [9.17, 15) is 4.79 Å². The number of rotatable bonds is 6. The number of amides is 1. The SMILES string of the molecule is Cn1cc(CCC(=O)Nc2ccnn2Cc2ccc(Cl)cc2)cn1. The fraction of sp³-hybridized carbons (Fsp3) is 0.235. The molecule has 0 saturated heterocycles. The first-order valence-corrected chi connectivity index (χ1v) is 8.01. The highest BCUT2D eigenvalue weighted by Crippen LogP contribution is 2.14. The first kappa shape index (κ1) is 16.3. The summed E-state index contributed by atoms with van der Waals surface area (Å²) in [5.74, 6) is 0.637. The number of nitrogens with zero attached hydrogens (tertiary/aromatic N) is 4. The summed E-state index contributed by atoms with van der Waals surface area (Å²) >= 11 is 5.90. The van der Waals surface area contributed by atoms with Gasteiger partial charge in [0.1, 0.15) is 5.82 Å². The summed E-state index contributed by atoms with van der Waals surface area (Å²) in [5.41, 5.74) is 2.11. The molecule has 24 heavy (non-hydrogen) atoms. The minimum Gasteiger partial charge on any atom is -0.311 e. The Kier molecular flexibility index (Phi) is 4.96. The number of benzene rings is 1. The molecule has 2 aromatic heterocycles. The van der Waals surface area contributed by atoms with Gasteiger partial charge in [0.05, 0.1) is 18.9 Å². The predicted molar refractivity (Wildman–Crippen MR) is 92.9 cm³/mol. The zero-order valence-corrected chi connectivity index (χ0v) is 14.1. The number of anilines is 1. The molecule has 0 spiro atoms. The molecule has 1 aromatic carbocycles. The fourth-order valence-electron chi connectivity index (χ4n) is 2.39. The van der Waals surface area contributed by atoms with Crippen molar-refractivity contribution in [2.75, 3.05) is 5.32 Å². The van der Waals surface area contributed by atoms with E-state index in [0.717, 1.165) is 11.1 Å². The van der Waals surface area contributed by atoms with E-state index < -0.39 is 0 Å². The maximum Gasteiger partial charge on any atom is 0.225 e. The van der Waals surface area contributed by atoms with Gasteiger partial charge in [-0.3, -0.25) is 9.48 Å². The van der Waals surface area contributed by atoms with E-state index in [1.165, 1.54) is 0 Å². The molecule has 7 heteroatoms. The van der Waals surface area contributed by atoms with Crippen molar-refractivity contribution in [1.29, 1.82) is 0 Å². The summed E-state index contributed by atoms with van der Waals surface area (Å²) in [4.78, 5) is 12.1. The number of hydrogen-bond donors (Lipinski definition) is 1. The van der Waals surface area contributed by atoms with Gasteiger partial charge in [0.25, 0.3) is 0 Å². The van der Waals surface area contributed by atoms with Crippen LogP contribution in [0.4, 0.5) is 5.82 Å². The highest BCUT2D eigenvalue weighted by Gasteiger charge is 2.09. The molecule has 0 radical (unpaired) electrons. The molecule has 6 nitrogen and oxygen atoms in total. The lowest BCUT2D eigenvalue weighted by Crippen LogP contribution is -2.16. The minimum absolute atomic E-state index is 0.0447. The molecule has 3 aromatic rings. The molecule has 124 valence electrons. The third kappa shape index (κ3) is 4.23. The van der Waals surface area contributed by atoms with Crippen molar-refractivity contribution in [3.05, 3.63) is 65.1 Å². The van der Waals surface area contributed by atoms with E-state index >= 15 is 0 Å². The average molecular weight is 344 g/mol. The lowest BCUT2D eigenvalue weighted by atomic mass is 10.2. The lowest BCUT2D eigenvalue weighted by Gasteiger charge is -2.09. The van der Waals surface area contributed by atoms with Gasteiger partial charge >= 0.3 is 0 Å². The summed E-state index contributed by atoms with van der Waals surface area (Å²) in [7, 11) is 1.86. The van der Waals surface area contributed by atoms with Gasteiger partial charge in [0, 0.05) is 30.8 Å². The molecule has 0 fully saturated rings. The maximum atomic E-state index is 12.1. The van der Waals surface area contributed by atoms with Gasteiger partial charge < -0.3 is 5.32 Å². The Hall–Kier alpha value is -2.60. The van der Waals surface area contributed by atoms with Crippen molar-refractivity contribution in [3.63, 3.8) is 0 Å². The van der Waals surface area contributed by atoms with Crippen molar-refractivity contribution < 1.29 is 4.79 Å². The highest BCUT2D eigenvalue weighted by molar-refractivity contribution is 6.30. The third-order valence-corrected chi connectivity index (χ3v) is 3.88. The summed E-state index contributed by atoms with van der Waals surface area (Å²) in [5, 5.41) is 12.0. The Balaban J connectivity index is 1.58. The van der Waals surface area contributed by atoms with E-state index in [-0.39, 0.29) is 5.91 Å². The van der Waals surface area contributed by atoms with Crippen LogP contribution in [0.2, 0.25) is 5.02 Å². The van der Waals surface area contributed by atoms with E-state index in [4.69, 9.17) is 11.6 Å². The predicted octanol–water partition coefficient (Wildman–Crippen LogP) is 2.89. The second-order valence-corrected chi connectivity index (χ2v) is 6.01. The Morgan fingerprint density at radius 2 is 1.96 bits per heavy atom. The van der Waals surface area contributed by atoms with Crippen molar-refractivity contribution in [2.24, 2.45) is 7.05 Å². The summed E-state index contributed by atoms with van der Waals surface area (Å²) in [6, 6.07) is 9.35. The van der Waals surface area contributed by atoms with E-state index in [1.807, 2.05) is 37.5 Å². The van der Waals surface area contributed by atoms with Gasteiger partial charge in [-0.05, 0) is 29.7 Å². The molecular formula is C17H18ClN5O. The molecule has 0 aliphatic rings. The average Bonchev–Trinajstić information content (AvgIpc) is 3.17. The van der Waals surface area contributed by atoms with E-state index in [0.29, 0.717) is 30.2 Å². The second kappa shape index (κ2) is 7.31. The molecular weight excluding hydrogens is 326 g/mol. The molecule has 0 aliphatic heterocycles. The normalized spacial score (nSPS) is 10.8. The molecule has 0 unspecified atom stereocenters. The van der Waals surface area contributed by atoms with Gasteiger partial charge in [0.15, 0.2) is 0 Å². The first-order valence-electron chi connectivity index (χ1n) is 7.64. The number of hydrogen-bond acceptors (Lipinski definition) is 3. The number of carbonyl (C=O) groups is 1. The summed E-state index contributed by atoms with van der Waals surface area (Å²) in [6.45, 7) is 0.572. The van der Waals surface area contributed by atoms with E-state index in [1.54, 1.807) is 27.8 Å². The zero-order chi connectivity index (χ0) is 16.9. The fourth-order valence-corrected chi connectivity index (χ4v) is 2.52. The van der Waals surface area contributed by atoms with Crippen LogP contribution in [-0.4, -0.2) is 25.5 Å². The Bertz CT molecular complexity index is 822. The van der Waals surface area contributed by atoms with Gasteiger partial charge in [0.2, 0.25) is 5.91 Å². The smallest absolute Gasteiger partial charge is 0.225 e. The van der Waals surface area contributed by atoms with Crippen LogP contribution in [0.3, 0.4) is 0 Å². The molecule has 3 rings (SSSR count). The largest absolute Gasteiger partial charge is 0.311 e. The maximum absolute atomic E-state index is 12.1. The Morgan fingerprint density at radius 1 is 1.17 bits per heavy atom. The van der Waals surface area contributed by atoms with Crippen LogP contribution in [-0.2, 0) is 24.8 Å². The van der Waals surface area contributed by atoms with Crippen LogP contribution >= 0.6 is 11.6 Å². The Morgan fingerprint density at radius 3 is 2.67 bits per heavy atom. The van der Waals surface area contributed by atoms with Crippen LogP contribution in [0.15, 0.2) is 48.9 Å². The minimum atomic E-state index is -0.0447. The van der Waals surface area contributed by atoms with Crippen LogP contribution < -0.4 is 5.32 Å². The topological polar surface area (TPSA) is 64.7 Å². The molecule has 1 N–H and O–H groups in total. The standard InChI is InChI=1S/C17H18ClN5O/c1-22-11-14(10-20-22)4-7-17(24)21-16-8-9-19-23(16)12-13-2-5-15(18)6-3-13/h2-3,5-6,8-11H,4,7,12H2,1H3,(H,21,24). The second-order valence-electron chi connectivity index (χ2n) is 5.57. The van der Waals surface area contributed by atoms with Gasteiger partial charge in [-0.15, -0.1) is 0 Å². The zero-order valence-electron chi connectivity index (χ0n) is 13.3. The number of nitrogens with one attached hydrogen (secondary N) is 1. The number of halogens is 1. The number of aryl methyl sites for hydroxylation is 2. The summed E-state index contributed by atoms with van der Waals surface area (Å²) < 4.78 is 3.49. The van der Waals surface area contributed by atoms with Crippen molar-refractivity contribution in [1.82, 2.24) is 19.6 Å². The van der Waals surface area contributed by atoms with E-state index in [2.05, 4.69) is 15.5 Å². The van der Waals surface area contributed by atoms with Crippen molar-refractivity contribution >= 4 is 23.3 Å².